The molecule has 0 saturated carbocycles. The van der Waals surface area contributed by atoms with E-state index in [0.717, 1.165) is 12.1 Å². The molecule has 0 spiro atoms. The zero-order valence-corrected chi connectivity index (χ0v) is 16.2. The van der Waals surface area contributed by atoms with E-state index in [9.17, 15) is 17.2 Å². The molecule has 0 atom stereocenters. The average molecular weight is 429 g/mol. The van der Waals surface area contributed by atoms with Gasteiger partial charge < -0.3 is 4.74 Å². The van der Waals surface area contributed by atoms with Crippen molar-refractivity contribution in [2.24, 2.45) is 0 Å². The lowest BCUT2D eigenvalue weighted by Crippen LogP contribution is -2.16. The zero-order chi connectivity index (χ0) is 21.3. The van der Waals surface area contributed by atoms with Crippen molar-refractivity contribution in [3.8, 4) is 17.1 Å². The van der Waals surface area contributed by atoms with Gasteiger partial charge in [-0.3, -0.25) is 4.72 Å². The second-order valence-electron chi connectivity index (χ2n) is 6.08. The highest BCUT2D eigenvalue weighted by atomic mass is 32.2. The molecule has 0 aliphatic rings. The Morgan fingerprint density at radius 1 is 1.00 bits per heavy atom. The fourth-order valence-electron chi connectivity index (χ4n) is 2.75. The third kappa shape index (κ3) is 3.74. The topological polar surface area (TPSA) is 107 Å². The number of methoxy groups -OCH3 is 1. The van der Waals surface area contributed by atoms with Crippen molar-refractivity contribution in [2.75, 3.05) is 11.8 Å². The molecule has 11 heteroatoms. The fourth-order valence-corrected chi connectivity index (χ4v) is 3.86. The summed E-state index contributed by atoms with van der Waals surface area (Å²) >= 11 is 0. The molecule has 4 rings (SSSR count). The maximum Gasteiger partial charge on any atom is 0.264 e. The van der Waals surface area contributed by atoms with E-state index < -0.39 is 26.6 Å². The minimum atomic E-state index is -4.38. The Morgan fingerprint density at radius 2 is 1.83 bits per heavy atom. The first-order chi connectivity index (χ1) is 14.4. The highest BCUT2D eigenvalue weighted by molar-refractivity contribution is 7.92. The van der Waals surface area contributed by atoms with Crippen LogP contribution in [0.2, 0.25) is 0 Å². The summed E-state index contributed by atoms with van der Waals surface area (Å²) in [5, 5.41) is 0. The van der Waals surface area contributed by atoms with Gasteiger partial charge in [-0.2, -0.15) is 0 Å². The molecule has 4 aromatic rings. The molecular formula is C19H13F2N5O3S. The van der Waals surface area contributed by atoms with Crippen LogP contribution in [-0.4, -0.2) is 35.5 Å². The smallest absolute Gasteiger partial charge is 0.264 e. The molecule has 0 fully saturated rings. The zero-order valence-electron chi connectivity index (χ0n) is 15.4. The summed E-state index contributed by atoms with van der Waals surface area (Å²) in [6.07, 6.45) is 4.40. The lowest BCUT2D eigenvalue weighted by atomic mass is 10.1. The van der Waals surface area contributed by atoms with E-state index >= 15 is 0 Å². The second-order valence-corrected chi connectivity index (χ2v) is 7.74. The van der Waals surface area contributed by atoms with Crippen LogP contribution in [-0.2, 0) is 10.0 Å². The fraction of sp³-hybridized carbons (Fsp3) is 0.0526. The van der Waals surface area contributed by atoms with E-state index in [4.69, 9.17) is 4.74 Å². The van der Waals surface area contributed by atoms with Gasteiger partial charge >= 0.3 is 0 Å². The molecular weight excluding hydrogens is 416 g/mol. The Labute approximate surface area is 169 Å². The number of benzene rings is 1. The largest absolute Gasteiger partial charge is 0.480 e. The molecule has 0 amide bonds. The Kier molecular flexibility index (Phi) is 4.96. The quantitative estimate of drug-likeness (QED) is 0.519. The van der Waals surface area contributed by atoms with Gasteiger partial charge in [0.15, 0.2) is 0 Å². The third-order valence-electron chi connectivity index (χ3n) is 4.13. The van der Waals surface area contributed by atoms with Crippen molar-refractivity contribution in [1.29, 1.82) is 0 Å². The van der Waals surface area contributed by atoms with E-state index in [1.54, 1.807) is 18.3 Å². The molecule has 152 valence electrons. The average Bonchev–Trinajstić information content (AvgIpc) is 2.72. The molecule has 3 aromatic heterocycles. The predicted octanol–water partition coefficient (Wildman–Crippen LogP) is 3.17. The minimum Gasteiger partial charge on any atom is -0.480 e. The highest BCUT2D eigenvalue weighted by Gasteiger charge is 2.22. The van der Waals surface area contributed by atoms with Gasteiger partial charge in [0.1, 0.15) is 34.1 Å². The van der Waals surface area contributed by atoms with E-state index in [-0.39, 0.29) is 11.6 Å². The molecule has 0 aliphatic carbocycles. The SMILES string of the molecule is COc1ncc(-c2ccc3ncncc3n2)cc1NS(=O)(=O)c1ccc(F)cc1F. The van der Waals surface area contributed by atoms with Gasteiger partial charge in [-0.15, -0.1) is 0 Å². The first kappa shape index (κ1) is 19.6. The molecule has 3 heterocycles. The van der Waals surface area contributed by atoms with Crippen LogP contribution in [0, 0.1) is 11.6 Å². The summed E-state index contributed by atoms with van der Waals surface area (Å²) < 4.78 is 59.7. The molecule has 1 aromatic carbocycles. The summed E-state index contributed by atoms with van der Waals surface area (Å²) in [6.45, 7) is 0. The van der Waals surface area contributed by atoms with Crippen molar-refractivity contribution in [3.05, 3.63) is 66.8 Å². The van der Waals surface area contributed by atoms with Crippen molar-refractivity contribution < 1.29 is 21.9 Å². The van der Waals surface area contributed by atoms with E-state index in [1.807, 2.05) is 0 Å². The number of fused-ring (bicyclic) bond motifs is 1. The minimum absolute atomic E-state index is 0.0334. The van der Waals surface area contributed by atoms with Crippen LogP contribution in [0.1, 0.15) is 0 Å². The summed E-state index contributed by atoms with van der Waals surface area (Å²) in [7, 11) is -3.07. The van der Waals surface area contributed by atoms with Crippen molar-refractivity contribution in [1.82, 2.24) is 19.9 Å². The summed E-state index contributed by atoms with van der Waals surface area (Å²) in [4.78, 5) is 15.8. The summed E-state index contributed by atoms with van der Waals surface area (Å²) in [5.74, 6) is -2.14. The number of nitrogens with one attached hydrogen (secondary N) is 1. The van der Waals surface area contributed by atoms with Crippen LogP contribution < -0.4 is 9.46 Å². The summed E-state index contributed by atoms with van der Waals surface area (Å²) in [6, 6.07) is 7.05. The molecule has 0 saturated heterocycles. The van der Waals surface area contributed by atoms with Gasteiger partial charge in [-0.25, -0.2) is 37.1 Å². The second kappa shape index (κ2) is 7.59. The molecule has 1 N–H and O–H groups in total. The first-order valence-electron chi connectivity index (χ1n) is 8.46. The maximum absolute atomic E-state index is 14.0. The highest BCUT2D eigenvalue weighted by Crippen LogP contribution is 2.30. The number of hydrogen-bond acceptors (Lipinski definition) is 7. The Balaban J connectivity index is 1.75. The van der Waals surface area contributed by atoms with Crippen LogP contribution in [0.5, 0.6) is 5.88 Å². The van der Waals surface area contributed by atoms with Crippen molar-refractivity contribution >= 4 is 26.7 Å². The number of ether oxygens (including phenoxy) is 1. The standard InChI is InChI=1S/C19H13F2N5O3S/c1-29-19-16(26-30(27,28)18-5-2-12(20)7-13(18)21)6-11(8-23-19)14-3-4-15-17(25-14)9-22-10-24-15/h2-10,26H,1H3. The molecule has 0 aliphatic heterocycles. The Bertz CT molecular complexity index is 1370. The number of anilines is 1. The molecule has 0 unspecified atom stereocenters. The van der Waals surface area contributed by atoms with Crippen molar-refractivity contribution in [2.45, 2.75) is 4.90 Å². The number of rotatable bonds is 5. The molecule has 0 bridgehead atoms. The third-order valence-corrected chi connectivity index (χ3v) is 5.53. The molecule has 8 nitrogen and oxygen atoms in total. The molecule has 0 radical (unpaired) electrons. The van der Waals surface area contributed by atoms with Gasteiger partial charge in [0.25, 0.3) is 10.0 Å². The number of sulfonamides is 1. The Morgan fingerprint density at radius 3 is 2.60 bits per heavy atom. The van der Waals surface area contributed by atoms with Gasteiger partial charge in [0.05, 0.1) is 24.5 Å². The summed E-state index contributed by atoms with van der Waals surface area (Å²) in [5.41, 5.74) is 2.11. The van der Waals surface area contributed by atoms with Gasteiger partial charge in [-0.1, -0.05) is 0 Å². The number of hydrogen-bond donors (Lipinski definition) is 1. The van der Waals surface area contributed by atoms with Crippen LogP contribution in [0.3, 0.4) is 0 Å². The monoisotopic (exact) mass is 429 g/mol. The number of halogens is 2. The van der Waals surface area contributed by atoms with Crippen LogP contribution in [0.4, 0.5) is 14.5 Å². The normalized spacial score (nSPS) is 11.4. The van der Waals surface area contributed by atoms with E-state index in [1.165, 1.54) is 25.7 Å². The van der Waals surface area contributed by atoms with Crippen LogP contribution >= 0.6 is 0 Å². The lowest BCUT2D eigenvalue weighted by Gasteiger charge is -2.13. The number of nitrogens with zero attached hydrogens (tertiary/aromatic N) is 4. The van der Waals surface area contributed by atoms with Crippen LogP contribution in [0.25, 0.3) is 22.3 Å². The maximum atomic E-state index is 14.0. The van der Waals surface area contributed by atoms with Gasteiger partial charge in [0, 0.05) is 17.8 Å². The number of aromatic nitrogens is 4. The van der Waals surface area contributed by atoms with E-state index in [2.05, 4.69) is 24.7 Å². The van der Waals surface area contributed by atoms with Gasteiger partial charge in [0.2, 0.25) is 5.88 Å². The van der Waals surface area contributed by atoms with Gasteiger partial charge in [-0.05, 0) is 30.3 Å². The predicted molar refractivity (Wildman–Crippen MR) is 104 cm³/mol. The van der Waals surface area contributed by atoms with Crippen LogP contribution in [0.15, 0.2) is 60.0 Å². The number of pyridine rings is 2. The first-order valence-corrected chi connectivity index (χ1v) is 9.95. The molecule has 30 heavy (non-hydrogen) atoms. The Hall–Kier alpha value is -3.73. The van der Waals surface area contributed by atoms with E-state index in [0.29, 0.717) is 28.4 Å². The lowest BCUT2D eigenvalue weighted by molar-refractivity contribution is 0.400. The van der Waals surface area contributed by atoms with Crippen molar-refractivity contribution in [3.63, 3.8) is 0 Å².